The maximum atomic E-state index is 12.2. The van der Waals surface area contributed by atoms with E-state index in [1.165, 1.54) is 29.8 Å². The van der Waals surface area contributed by atoms with Crippen LogP contribution >= 0.6 is 0 Å². The van der Waals surface area contributed by atoms with Crippen LogP contribution in [0, 0.1) is 10.1 Å². The van der Waals surface area contributed by atoms with Crippen LogP contribution in [0.25, 0.3) is 0 Å². The maximum absolute atomic E-state index is 12.2. The summed E-state index contributed by atoms with van der Waals surface area (Å²) in [4.78, 5) is 39.0. The number of anilines is 1. The van der Waals surface area contributed by atoms with Gasteiger partial charge in [0.2, 0.25) is 0 Å². The average Bonchev–Trinajstić information content (AvgIpc) is 2.93. The molecule has 0 aliphatic carbocycles. The number of rotatable bonds is 5. The summed E-state index contributed by atoms with van der Waals surface area (Å²) >= 11 is 0. The fourth-order valence-electron chi connectivity index (χ4n) is 3.52. The van der Waals surface area contributed by atoms with Crippen molar-refractivity contribution in [1.82, 2.24) is 14.0 Å². The van der Waals surface area contributed by atoms with Crippen LogP contribution in [0.4, 0.5) is 11.5 Å². The van der Waals surface area contributed by atoms with Crippen LogP contribution in [-0.2, 0) is 20.5 Å². The summed E-state index contributed by atoms with van der Waals surface area (Å²) in [5, 5.41) is 10.7. The summed E-state index contributed by atoms with van der Waals surface area (Å²) in [6.07, 6.45) is 1.76. The highest BCUT2D eigenvalue weighted by Crippen LogP contribution is 2.15. The largest absolute Gasteiger partial charge is 0.356 e. The van der Waals surface area contributed by atoms with Gasteiger partial charge in [0.1, 0.15) is 5.82 Å². The molecule has 3 rings (SSSR count). The first-order valence-corrected chi connectivity index (χ1v) is 9.34. The fourth-order valence-corrected chi connectivity index (χ4v) is 3.52. The normalized spacial score (nSPS) is 15.4. The highest BCUT2D eigenvalue weighted by molar-refractivity contribution is 5.38. The van der Waals surface area contributed by atoms with Crippen molar-refractivity contribution in [1.29, 1.82) is 0 Å². The molecule has 1 aromatic heterocycles. The molecule has 0 N–H and O–H groups in total. The minimum Gasteiger partial charge on any atom is -0.356 e. The lowest BCUT2D eigenvalue weighted by Gasteiger charge is -2.25. The standard InChI is InChI=1S/C19H25N5O4/c1-20-17(14-18(25)21(2)19(20)26)23-10-3-9-22(12-13-23)11-8-15-4-6-16(7-5-15)24(27)28/h4-7,14H,3,8-13H2,1-2H3. The molecule has 0 atom stereocenters. The van der Waals surface area contributed by atoms with Crippen LogP contribution in [0.2, 0.25) is 0 Å². The predicted molar refractivity (Wildman–Crippen MR) is 107 cm³/mol. The Morgan fingerprint density at radius 2 is 1.71 bits per heavy atom. The van der Waals surface area contributed by atoms with Crippen LogP contribution in [-0.4, -0.2) is 51.7 Å². The van der Waals surface area contributed by atoms with Gasteiger partial charge in [0.05, 0.1) is 4.92 Å². The van der Waals surface area contributed by atoms with Gasteiger partial charge in [0.15, 0.2) is 0 Å². The van der Waals surface area contributed by atoms with Crippen molar-refractivity contribution in [3.63, 3.8) is 0 Å². The molecule has 28 heavy (non-hydrogen) atoms. The topological polar surface area (TPSA) is 93.6 Å². The van der Waals surface area contributed by atoms with Gasteiger partial charge in [-0.3, -0.25) is 24.0 Å². The Morgan fingerprint density at radius 1 is 1.00 bits per heavy atom. The molecule has 0 radical (unpaired) electrons. The third-order valence-corrected chi connectivity index (χ3v) is 5.28. The monoisotopic (exact) mass is 387 g/mol. The third-order valence-electron chi connectivity index (χ3n) is 5.28. The first-order valence-electron chi connectivity index (χ1n) is 9.34. The fraction of sp³-hybridized carbons (Fsp3) is 0.474. The second-order valence-electron chi connectivity index (χ2n) is 7.10. The molecule has 1 aromatic carbocycles. The molecular weight excluding hydrogens is 362 g/mol. The number of benzene rings is 1. The Hall–Kier alpha value is -2.94. The third kappa shape index (κ3) is 4.30. The second kappa shape index (κ2) is 8.39. The van der Waals surface area contributed by atoms with Gasteiger partial charge in [0.25, 0.3) is 11.2 Å². The predicted octanol–water partition coefficient (Wildman–Crippen LogP) is 0.747. The van der Waals surface area contributed by atoms with E-state index in [2.05, 4.69) is 9.80 Å². The van der Waals surface area contributed by atoms with Crippen LogP contribution < -0.4 is 16.1 Å². The zero-order chi connectivity index (χ0) is 20.3. The zero-order valence-corrected chi connectivity index (χ0v) is 16.2. The molecule has 0 bridgehead atoms. The SMILES string of the molecule is Cn1c(N2CCCN(CCc3ccc([N+](=O)[O-])cc3)CC2)cc(=O)n(C)c1=O. The molecule has 1 aliphatic heterocycles. The summed E-state index contributed by atoms with van der Waals surface area (Å²) in [5.41, 5.74) is 0.564. The van der Waals surface area contributed by atoms with E-state index in [1.807, 2.05) is 0 Å². The van der Waals surface area contributed by atoms with Crippen LogP contribution in [0.15, 0.2) is 39.9 Å². The van der Waals surface area contributed by atoms with Crippen molar-refractivity contribution >= 4 is 11.5 Å². The number of hydrogen-bond acceptors (Lipinski definition) is 6. The number of nitrogens with zero attached hydrogens (tertiary/aromatic N) is 5. The van der Waals surface area contributed by atoms with Crippen LogP contribution in [0.5, 0.6) is 0 Å². The lowest BCUT2D eigenvalue weighted by molar-refractivity contribution is -0.384. The Balaban J connectivity index is 1.62. The molecule has 150 valence electrons. The first-order chi connectivity index (χ1) is 13.4. The Morgan fingerprint density at radius 3 is 2.39 bits per heavy atom. The summed E-state index contributed by atoms with van der Waals surface area (Å²) in [6.45, 7) is 4.15. The van der Waals surface area contributed by atoms with Crippen molar-refractivity contribution < 1.29 is 4.92 Å². The number of non-ortho nitro benzene ring substituents is 1. The van der Waals surface area contributed by atoms with E-state index in [-0.39, 0.29) is 16.9 Å². The van der Waals surface area contributed by atoms with Gasteiger partial charge in [-0.2, -0.15) is 0 Å². The Bertz CT molecular complexity index is 964. The number of aromatic nitrogens is 2. The summed E-state index contributed by atoms with van der Waals surface area (Å²) in [7, 11) is 3.17. The van der Waals surface area contributed by atoms with Gasteiger partial charge in [-0.05, 0) is 24.9 Å². The second-order valence-corrected chi connectivity index (χ2v) is 7.10. The van der Waals surface area contributed by atoms with Gasteiger partial charge in [-0.1, -0.05) is 12.1 Å². The van der Waals surface area contributed by atoms with Crippen molar-refractivity contribution in [3.05, 3.63) is 66.8 Å². The molecule has 1 aliphatic rings. The van der Waals surface area contributed by atoms with Gasteiger partial charge in [0, 0.05) is 58.5 Å². The average molecular weight is 387 g/mol. The lowest BCUT2D eigenvalue weighted by atomic mass is 10.1. The van der Waals surface area contributed by atoms with E-state index in [4.69, 9.17) is 0 Å². The number of nitro groups is 1. The van der Waals surface area contributed by atoms with E-state index in [9.17, 15) is 19.7 Å². The molecule has 0 unspecified atom stereocenters. The molecule has 2 heterocycles. The molecule has 0 saturated carbocycles. The van der Waals surface area contributed by atoms with E-state index < -0.39 is 4.92 Å². The number of hydrogen-bond donors (Lipinski definition) is 0. The van der Waals surface area contributed by atoms with Gasteiger partial charge in [-0.15, -0.1) is 0 Å². The first kappa shape index (κ1) is 19.8. The van der Waals surface area contributed by atoms with Crippen molar-refractivity contribution in [3.8, 4) is 0 Å². The van der Waals surface area contributed by atoms with Crippen LogP contribution in [0.1, 0.15) is 12.0 Å². The summed E-state index contributed by atoms with van der Waals surface area (Å²) in [5.74, 6) is 0.658. The summed E-state index contributed by atoms with van der Waals surface area (Å²) < 4.78 is 2.63. The van der Waals surface area contributed by atoms with Crippen LogP contribution in [0.3, 0.4) is 0 Å². The van der Waals surface area contributed by atoms with E-state index in [0.717, 1.165) is 55.7 Å². The van der Waals surface area contributed by atoms with Crippen molar-refractivity contribution in [2.45, 2.75) is 12.8 Å². The molecule has 0 spiro atoms. The highest BCUT2D eigenvalue weighted by atomic mass is 16.6. The van der Waals surface area contributed by atoms with Gasteiger partial charge < -0.3 is 9.80 Å². The van der Waals surface area contributed by atoms with Crippen molar-refractivity contribution in [2.24, 2.45) is 14.1 Å². The van der Waals surface area contributed by atoms with Gasteiger partial charge in [-0.25, -0.2) is 4.79 Å². The number of nitro benzene ring substituents is 1. The van der Waals surface area contributed by atoms with E-state index in [0.29, 0.717) is 5.82 Å². The molecule has 9 heteroatoms. The van der Waals surface area contributed by atoms with E-state index >= 15 is 0 Å². The molecule has 0 amide bonds. The minimum absolute atomic E-state index is 0.105. The van der Waals surface area contributed by atoms with E-state index in [1.54, 1.807) is 19.2 Å². The maximum Gasteiger partial charge on any atom is 0.332 e. The zero-order valence-electron chi connectivity index (χ0n) is 16.2. The highest BCUT2D eigenvalue weighted by Gasteiger charge is 2.18. The molecule has 2 aromatic rings. The molecule has 9 nitrogen and oxygen atoms in total. The lowest BCUT2D eigenvalue weighted by Crippen LogP contribution is -2.41. The Kier molecular flexibility index (Phi) is 5.93. The molecular formula is C19H25N5O4. The summed E-state index contributed by atoms with van der Waals surface area (Å²) in [6, 6.07) is 8.20. The molecule has 1 fully saturated rings. The van der Waals surface area contributed by atoms with Gasteiger partial charge >= 0.3 is 5.69 Å². The minimum atomic E-state index is -0.391. The molecule has 1 saturated heterocycles. The van der Waals surface area contributed by atoms with Crippen molar-refractivity contribution in [2.75, 3.05) is 37.6 Å². The quantitative estimate of drug-likeness (QED) is 0.555. The smallest absolute Gasteiger partial charge is 0.332 e. The Labute approximate surface area is 162 Å².